The molecule has 7 heteroatoms. The summed E-state index contributed by atoms with van der Waals surface area (Å²) in [6.45, 7) is 3.20. The van der Waals surface area contributed by atoms with E-state index in [0.717, 1.165) is 42.8 Å². The van der Waals surface area contributed by atoms with Gasteiger partial charge in [-0.2, -0.15) is 0 Å². The Hall–Kier alpha value is -3.19. The van der Waals surface area contributed by atoms with Crippen molar-refractivity contribution in [2.45, 2.75) is 25.8 Å². The van der Waals surface area contributed by atoms with E-state index < -0.39 is 5.82 Å². The van der Waals surface area contributed by atoms with Crippen LogP contribution < -0.4 is 4.90 Å². The molecule has 0 radical (unpaired) electrons. The molecule has 0 saturated carbocycles. The Balaban J connectivity index is 1.72. The van der Waals surface area contributed by atoms with E-state index in [1.165, 1.54) is 18.6 Å². The highest BCUT2D eigenvalue weighted by atomic mass is 19.1. The number of carbonyl (C=O) groups is 1. The second-order valence-electron chi connectivity index (χ2n) is 8.74. The monoisotopic (exact) mass is 450 g/mol. The molecule has 6 nitrogen and oxygen atoms in total. The lowest BCUT2D eigenvalue weighted by Crippen LogP contribution is -2.37. The molecule has 0 unspecified atom stereocenters. The predicted molar refractivity (Wildman–Crippen MR) is 128 cm³/mol. The fourth-order valence-electron chi connectivity index (χ4n) is 4.18. The minimum absolute atomic E-state index is 0.0773. The van der Waals surface area contributed by atoms with Crippen molar-refractivity contribution in [3.63, 3.8) is 0 Å². The van der Waals surface area contributed by atoms with Gasteiger partial charge < -0.3 is 19.2 Å². The summed E-state index contributed by atoms with van der Waals surface area (Å²) in [6.07, 6.45) is 3.39. The van der Waals surface area contributed by atoms with Gasteiger partial charge in [0.2, 0.25) is 5.88 Å². The van der Waals surface area contributed by atoms with Gasteiger partial charge in [0, 0.05) is 31.7 Å². The highest BCUT2D eigenvalue weighted by Gasteiger charge is 2.28. The number of nitrogens with zero attached hydrogens (tertiary/aromatic N) is 4. The molecule has 33 heavy (non-hydrogen) atoms. The number of rotatable bonds is 8. The number of amides is 1. The lowest BCUT2D eigenvalue weighted by molar-refractivity contribution is 0.0727. The fourth-order valence-corrected chi connectivity index (χ4v) is 4.18. The van der Waals surface area contributed by atoms with Crippen LogP contribution in [0.1, 0.15) is 35.2 Å². The molecule has 2 aromatic carbocycles. The maximum Gasteiger partial charge on any atom is 0.257 e. The molecule has 4 rings (SSSR count). The van der Waals surface area contributed by atoms with Gasteiger partial charge in [-0.1, -0.05) is 47.6 Å². The molecule has 1 aliphatic rings. The van der Waals surface area contributed by atoms with E-state index in [0.29, 0.717) is 25.5 Å². The highest BCUT2D eigenvalue weighted by molar-refractivity contribution is 5.94. The summed E-state index contributed by atoms with van der Waals surface area (Å²) in [4.78, 5) is 19.4. The number of aromatic nitrogens is 1. The van der Waals surface area contributed by atoms with Gasteiger partial charge in [0.05, 0.1) is 17.7 Å². The van der Waals surface area contributed by atoms with Crippen LogP contribution in [0.25, 0.3) is 11.3 Å². The Morgan fingerprint density at radius 1 is 1.00 bits per heavy atom. The van der Waals surface area contributed by atoms with Crippen LogP contribution in [0, 0.1) is 5.82 Å². The largest absolute Gasteiger partial charge is 0.340 e. The van der Waals surface area contributed by atoms with E-state index in [1.54, 1.807) is 17.0 Å². The molecule has 1 amide bonds. The van der Waals surface area contributed by atoms with E-state index in [4.69, 9.17) is 4.52 Å². The van der Waals surface area contributed by atoms with Gasteiger partial charge in [-0.05, 0) is 45.5 Å². The second-order valence-corrected chi connectivity index (χ2v) is 8.74. The number of carbonyl (C=O) groups excluding carboxylic acids is 1. The van der Waals surface area contributed by atoms with Gasteiger partial charge >= 0.3 is 0 Å². The second kappa shape index (κ2) is 10.6. The van der Waals surface area contributed by atoms with Crippen molar-refractivity contribution in [1.82, 2.24) is 15.0 Å². The van der Waals surface area contributed by atoms with E-state index >= 15 is 0 Å². The number of likely N-dealkylation sites (N-methyl/N-ethyl adjacent to an activating group) is 1. The van der Waals surface area contributed by atoms with E-state index in [1.807, 2.05) is 49.3 Å². The minimum Gasteiger partial charge on any atom is -0.340 e. The highest BCUT2D eigenvalue weighted by Crippen LogP contribution is 2.34. The first kappa shape index (κ1) is 23.0. The number of piperidine rings is 1. The molecule has 0 N–H and O–H groups in total. The minimum atomic E-state index is -0.512. The van der Waals surface area contributed by atoms with Gasteiger partial charge in [-0.3, -0.25) is 4.79 Å². The lowest BCUT2D eigenvalue weighted by atomic mass is 10.0. The first-order chi connectivity index (χ1) is 16.0. The Labute approximate surface area is 194 Å². The summed E-state index contributed by atoms with van der Waals surface area (Å²) in [5.41, 5.74) is 2.61. The quantitative estimate of drug-likeness (QED) is 0.499. The standard InChI is InChI=1S/C26H31FN4O2/c1-29(2)17-18-31(25(32)21-13-7-8-14-23(21)27)19-22-24(20-11-5-3-6-12-20)28-33-26(22)30-15-9-4-10-16-30/h3,5-8,11-14H,4,9-10,15-19H2,1-2H3. The van der Waals surface area contributed by atoms with Crippen molar-refractivity contribution in [3.8, 4) is 11.3 Å². The maximum absolute atomic E-state index is 14.5. The molecule has 0 bridgehead atoms. The van der Waals surface area contributed by atoms with Crippen LogP contribution in [0.4, 0.5) is 10.3 Å². The number of anilines is 1. The van der Waals surface area contributed by atoms with Gasteiger partial charge in [-0.25, -0.2) is 4.39 Å². The molecular formula is C26H31FN4O2. The topological polar surface area (TPSA) is 52.8 Å². The van der Waals surface area contributed by atoms with Crippen molar-refractivity contribution < 1.29 is 13.7 Å². The smallest absolute Gasteiger partial charge is 0.257 e. The van der Waals surface area contributed by atoms with Gasteiger partial charge in [0.25, 0.3) is 5.91 Å². The molecule has 3 aromatic rings. The zero-order valence-electron chi connectivity index (χ0n) is 19.3. The third-order valence-electron chi connectivity index (χ3n) is 6.02. The van der Waals surface area contributed by atoms with Gasteiger partial charge in [0.1, 0.15) is 11.5 Å². The summed E-state index contributed by atoms with van der Waals surface area (Å²) in [7, 11) is 3.92. The summed E-state index contributed by atoms with van der Waals surface area (Å²) in [5, 5.41) is 4.42. The third kappa shape index (κ3) is 5.42. The van der Waals surface area contributed by atoms with Crippen LogP contribution in [0.5, 0.6) is 0 Å². The zero-order valence-corrected chi connectivity index (χ0v) is 19.3. The number of halogens is 1. The molecule has 1 fully saturated rings. The van der Waals surface area contributed by atoms with E-state index in [2.05, 4.69) is 10.1 Å². The molecule has 1 saturated heterocycles. The third-order valence-corrected chi connectivity index (χ3v) is 6.02. The summed E-state index contributed by atoms with van der Waals surface area (Å²) < 4.78 is 20.4. The van der Waals surface area contributed by atoms with Crippen LogP contribution in [0.2, 0.25) is 0 Å². The van der Waals surface area contributed by atoms with Crippen molar-refractivity contribution in [1.29, 1.82) is 0 Å². The van der Waals surface area contributed by atoms with Crippen LogP contribution in [-0.4, -0.2) is 61.1 Å². The first-order valence-electron chi connectivity index (χ1n) is 11.5. The van der Waals surface area contributed by atoms with Gasteiger partial charge in [0.15, 0.2) is 0 Å². The van der Waals surface area contributed by atoms with Gasteiger partial charge in [-0.15, -0.1) is 0 Å². The number of benzene rings is 2. The van der Waals surface area contributed by atoms with Crippen molar-refractivity contribution >= 4 is 11.8 Å². The van der Waals surface area contributed by atoms with Crippen molar-refractivity contribution in [2.75, 3.05) is 45.2 Å². The summed E-state index contributed by atoms with van der Waals surface area (Å²) in [5.74, 6) is -0.133. The number of hydrogen-bond acceptors (Lipinski definition) is 5. The fraction of sp³-hybridized carbons (Fsp3) is 0.385. The molecule has 174 valence electrons. The average Bonchev–Trinajstić information content (AvgIpc) is 3.26. The SMILES string of the molecule is CN(C)CCN(Cc1c(-c2ccccc2)noc1N1CCCCC1)C(=O)c1ccccc1F. The molecule has 0 spiro atoms. The summed E-state index contributed by atoms with van der Waals surface area (Å²) in [6, 6.07) is 16.0. The maximum atomic E-state index is 14.5. The van der Waals surface area contributed by atoms with Crippen molar-refractivity contribution in [3.05, 3.63) is 71.5 Å². The van der Waals surface area contributed by atoms with Crippen LogP contribution in [-0.2, 0) is 6.54 Å². The van der Waals surface area contributed by atoms with Crippen LogP contribution in [0.3, 0.4) is 0 Å². The summed E-state index contributed by atoms with van der Waals surface area (Å²) >= 11 is 0. The Kier molecular flexibility index (Phi) is 7.40. The molecule has 0 atom stereocenters. The Morgan fingerprint density at radius 3 is 2.39 bits per heavy atom. The zero-order chi connectivity index (χ0) is 23.2. The van der Waals surface area contributed by atoms with Crippen molar-refractivity contribution in [2.24, 2.45) is 0 Å². The lowest BCUT2D eigenvalue weighted by Gasteiger charge is -2.29. The Morgan fingerprint density at radius 2 is 1.70 bits per heavy atom. The Bertz CT molecular complexity index is 1060. The van der Waals surface area contributed by atoms with Crippen LogP contribution in [0.15, 0.2) is 59.1 Å². The first-order valence-corrected chi connectivity index (χ1v) is 11.5. The van der Waals surface area contributed by atoms with E-state index in [-0.39, 0.29) is 11.5 Å². The predicted octanol–water partition coefficient (Wildman–Crippen LogP) is 4.68. The molecule has 1 aromatic heterocycles. The van der Waals surface area contributed by atoms with Crippen LogP contribution >= 0.6 is 0 Å². The molecular weight excluding hydrogens is 419 g/mol. The number of hydrogen-bond donors (Lipinski definition) is 0. The molecule has 1 aliphatic heterocycles. The average molecular weight is 451 g/mol. The normalized spacial score (nSPS) is 14.0. The van der Waals surface area contributed by atoms with E-state index in [9.17, 15) is 9.18 Å². The molecule has 0 aliphatic carbocycles. The molecule has 2 heterocycles.